The third-order valence-electron chi connectivity index (χ3n) is 3.79. The normalized spacial score (nSPS) is 16.5. The van der Waals surface area contributed by atoms with Crippen molar-refractivity contribution in [1.29, 1.82) is 0 Å². The maximum Gasteiger partial charge on any atom is 0.343 e. The number of nitrogens with zero attached hydrogens (tertiary/aromatic N) is 3. The summed E-state index contributed by atoms with van der Waals surface area (Å²) >= 11 is 0. The quantitative estimate of drug-likeness (QED) is 0.570. The molecule has 1 aliphatic heterocycles. The van der Waals surface area contributed by atoms with Crippen molar-refractivity contribution in [2.24, 2.45) is 5.73 Å². The average Bonchev–Trinajstić information content (AvgIpc) is 2.56. The Bertz CT molecular complexity index is 577. The van der Waals surface area contributed by atoms with Crippen LogP contribution in [0.1, 0.15) is 19.3 Å². The molecule has 0 saturated carbocycles. The molecule has 1 unspecified atom stereocenters. The van der Waals surface area contributed by atoms with E-state index in [1.165, 1.54) is 30.7 Å². The second kappa shape index (κ2) is 8.57. The van der Waals surface area contributed by atoms with Crippen LogP contribution in [-0.4, -0.2) is 53.3 Å². The molecule has 0 aliphatic carbocycles. The lowest BCUT2D eigenvalue weighted by Gasteiger charge is -2.29. The topological polar surface area (TPSA) is 122 Å². The molecule has 132 valence electrons. The molecule has 1 aromatic carbocycles. The summed E-state index contributed by atoms with van der Waals surface area (Å²) in [7, 11) is 0. The molecule has 1 aliphatic rings. The second-order valence-corrected chi connectivity index (χ2v) is 5.72. The van der Waals surface area contributed by atoms with Gasteiger partial charge in [-0.2, -0.15) is 5.06 Å². The minimum Gasteiger partial charge on any atom is -0.389 e. The fraction of sp³-hybridized carbons (Fsp3) is 0.533. The van der Waals surface area contributed by atoms with Gasteiger partial charge in [-0.1, -0.05) is 12.5 Å². The van der Waals surface area contributed by atoms with Crippen LogP contribution in [0, 0.1) is 10.1 Å². The average molecular weight is 338 g/mol. The first kappa shape index (κ1) is 18.1. The number of non-ortho nitro benzene ring substituents is 1. The van der Waals surface area contributed by atoms with E-state index in [1.807, 2.05) is 0 Å². The van der Waals surface area contributed by atoms with Crippen LogP contribution in [0.15, 0.2) is 24.3 Å². The highest BCUT2D eigenvalue weighted by atomic mass is 16.7. The van der Waals surface area contributed by atoms with E-state index in [-0.39, 0.29) is 18.0 Å². The van der Waals surface area contributed by atoms with Gasteiger partial charge in [0.25, 0.3) is 5.69 Å². The Hall–Kier alpha value is -2.23. The van der Waals surface area contributed by atoms with E-state index in [0.717, 1.165) is 31.0 Å². The zero-order valence-electron chi connectivity index (χ0n) is 13.3. The van der Waals surface area contributed by atoms with Gasteiger partial charge in [0.2, 0.25) is 0 Å². The first-order chi connectivity index (χ1) is 11.5. The summed E-state index contributed by atoms with van der Waals surface area (Å²) in [6, 6.07) is 4.46. The van der Waals surface area contributed by atoms with Gasteiger partial charge in [-0.25, -0.2) is 4.79 Å². The highest BCUT2D eigenvalue weighted by molar-refractivity contribution is 5.88. The molecule has 3 N–H and O–H groups in total. The van der Waals surface area contributed by atoms with Crippen molar-refractivity contribution in [3.05, 3.63) is 34.4 Å². The van der Waals surface area contributed by atoms with Crippen LogP contribution in [0.4, 0.5) is 16.2 Å². The monoisotopic (exact) mass is 338 g/mol. The van der Waals surface area contributed by atoms with Crippen molar-refractivity contribution in [2.75, 3.05) is 31.3 Å². The third kappa shape index (κ3) is 5.15. The SMILES string of the molecule is NC(=O)N(OCC(O)CN1CCCCC1)c1cccc([N+](=O)[O-])c1. The van der Waals surface area contributed by atoms with E-state index in [0.29, 0.717) is 6.54 Å². The van der Waals surface area contributed by atoms with Crippen LogP contribution < -0.4 is 10.8 Å². The van der Waals surface area contributed by atoms with Crippen LogP contribution in [-0.2, 0) is 4.84 Å². The van der Waals surface area contributed by atoms with Gasteiger partial charge in [-0.3, -0.25) is 15.0 Å². The summed E-state index contributed by atoms with van der Waals surface area (Å²) in [4.78, 5) is 29.2. The molecular formula is C15H22N4O5. The summed E-state index contributed by atoms with van der Waals surface area (Å²) in [6.07, 6.45) is 2.62. The lowest BCUT2D eigenvalue weighted by Crippen LogP contribution is -2.42. The smallest absolute Gasteiger partial charge is 0.343 e. The van der Waals surface area contributed by atoms with Crippen LogP contribution in [0.25, 0.3) is 0 Å². The maximum atomic E-state index is 11.5. The molecule has 0 bridgehead atoms. The molecule has 9 heteroatoms. The Morgan fingerprint density at radius 2 is 2.12 bits per heavy atom. The number of likely N-dealkylation sites (tertiary alicyclic amines) is 1. The summed E-state index contributed by atoms with van der Waals surface area (Å²) in [5.41, 5.74) is 5.22. The Morgan fingerprint density at radius 3 is 2.75 bits per heavy atom. The number of hydrogen-bond acceptors (Lipinski definition) is 6. The van der Waals surface area contributed by atoms with Gasteiger partial charge in [-0.05, 0) is 32.0 Å². The first-order valence-corrected chi connectivity index (χ1v) is 7.84. The maximum absolute atomic E-state index is 11.5. The number of nitro benzene ring substituents is 1. The van der Waals surface area contributed by atoms with E-state index < -0.39 is 17.1 Å². The fourth-order valence-electron chi connectivity index (χ4n) is 2.65. The standard InChI is InChI=1S/C15H22N4O5/c16-15(21)18(12-5-4-6-13(9-12)19(22)23)24-11-14(20)10-17-7-2-1-3-8-17/h4-6,9,14,20H,1-3,7-8,10-11H2,(H2,16,21). The highest BCUT2D eigenvalue weighted by Crippen LogP contribution is 2.21. The van der Waals surface area contributed by atoms with Crippen LogP contribution in [0.2, 0.25) is 0 Å². The lowest BCUT2D eigenvalue weighted by atomic mass is 10.1. The summed E-state index contributed by atoms with van der Waals surface area (Å²) in [6.45, 7) is 2.17. The molecule has 24 heavy (non-hydrogen) atoms. The number of nitro groups is 1. The number of carbonyl (C=O) groups is 1. The number of aliphatic hydroxyl groups excluding tert-OH is 1. The lowest BCUT2D eigenvalue weighted by molar-refractivity contribution is -0.384. The van der Waals surface area contributed by atoms with E-state index in [1.54, 1.807) is 0 Å². The van der Waals surface area contributed by atoms with Gasteiger partial charge in [0, 0.05) is 18.7 Å². The summed E-state index contributed by atoms with van der Waals surface area (Å²) in [5, 5.41) is 21.6. The van der Waals surface area contributed by atoms with Crippen LogP contribution >= 0.6 is 0 Å². The Morgan fingerprint density at radius 1 is 1.42 bits per heavy atom. The molecule has 1 aromatic rings. The molecule has 2 rings (SSSR count). The largest absolute Gasteiger partial charge is 0.389 e. The molecule has 1 heterocycles. The summed E-state index contributed by atoms with van der Waals surface area (Å²) in [5.74, 6) is 0. The van der Waals surface area contributed by atoms with Crippen molar-refractivity contribution in [1.82, 2.24) is 4.90 Å². The molecule has 0 aromatic heterocycles. The molecule has 1 saturated heterocycles. The molecule has 0 radical (unpaired) electrons. The number of rotatable bonds is 7. The van der Waals surface area contributed by atoms with Crippen molar-refractivity contribution >= 4 is 17.4 Å². The molecular weight excluding hydrogens is 316 g/mol. The van der Waals surface area contributed by atoms with Gasteiger partial charge in [0.15, 0.2) is 0 Å². The Balaban J connectivity index is 1.94. The van der Waals surface area contributed by atoms with Crippen molar-refractivity contribution in [3.63, 3.8) is 0 Å². The van der Waals surface area contributed by atoms with Gasteiger partial charge in [0.05, 0.1) is 16.7 Å². The number of amides is 2. The van der Waals surface area contributed by atoms with E-state index in [4.69, 9.17) is 10.6 Å². The molecule has 0 spiro atoms. The Labute approximate surface area is 139 Å². The number of piperidine rings is 1. The summed E-state index contributed by atoms with van der Waals surface area (Å²) < 4.78 is 0. The number of primary amides is 1. The minimum atomic E-state index is -0.916. The molecule has 9 nitrogen and oxygen atoms in total. The first-order valence-electron chi connectivity index (χ1n) is 7.84. The number of aliphatic hydroxyl groups is 1. The number of carbonyl (C=O) groups excluding carboxylic acids is 1. The molecule has 1 atom stereocenters. The van der Waals surface area contributed by atoms with Gasteiger partial charge >= 0.3 is 6.03 Å². The van der Waals surface area contributed by atoms with Gasteiger partial charge in [0.1, 0.15) is 6.61 Å². The zero-order valence-corrected chi connectivity index (χ0v) is 13.3. The zero-order chi connectivity index (χ0) is 17.5. The number of hydroxylamine groups is 1. The van der Waals surface area contributed by atoms with Crippen molar-refractivity contribution in [3.8, 4) is 0 Å². The van der Waals surface area contributed by atoms with Crippen LogP contribution in [0.3, 0.4) is 0 Å². The van der Waals surface area contributed by atoms with E-state index in [2.05, 4.69) is 4.90 Å². The minimum absolute atomic E-state index is 0.137. The number of urea groups is 1. The van der Waals surface area contributed by atoms with Gasteiger partial charge < -0.3 is 15.7 Å². The number of anilines is 1. The van der Waals surface area contributed by atoms with Crippen molar-refractivity contribution < 1.29 is 19.7 Å². The molecule has 2 amide bonds. The predicted octanol–water partition coefficient (Wildman–Crippen LogP) is 1.26. The highest BCUT2D eigenvalue weighted by Gasteiger charge is 2.20. The van der Waals surface area contributed by atoms with E-state index >= 15 is 0 Å². The number of nitrogens with two attached hydrogens (primary N) is 1. The fourth-order valence-corrected chi connectivity index (χ4v) is 2.65. The third-order valence-corrected chi connectivity index (χ3v) is 3.79. The second-order valence-electron chi connectivity index (χ2n) is 5.72. The van der Waals surface area contributed by atoms with Gasteiger partial charge in [-0.15, -0.1) is 0 Å². The van der Waals surface area contributed by atoms with Crippen molar-refractivity contribution in [2.45, 2.75) is 25.4 Å². The predicted molar refractivity (Wildman–Crippen MR) is 87.4 cm³/mol. The number of hydrogen-bond donors (Lipinski definition) is 2. The Kier molecular flexibility index (Phi) is 6.47. The van der Waals surface area contributed by atoms with E-state index in [9.17, 15) is 20.0 Å². The number of β-amino-alcohol motifs (C(OH)–C–C–N with tert-alkyl or cyclic N) is 1. The molecule has 1 fully saturated rings. The number of benzene rings is 1. The van der Waals surface area contributed by atoms with Crippen LogP contribution in [0.5, 0.6) is 0 Å².